The predicted octanol–water partition coefficient (Wildman–Crippen LogP) is 5.05. The van der Waals surface area contributed by atoms with Crippen LogP contribution in [0, 0.1) is 5.92 Å². The normalized spacial score (nSPS) is 23.4. The van der Waals surface area contributed by atoms with Gasteiger partial charge in [0, 0.05) is 34.8 Å². The fourth-order valence-corrected chi connectivity index (χ4v) is 7.77. The number of nitrogens with one attached hydrogen (secondary N) is 1. The Labute approximate surface area is 283 Å². The van der Waals surface area contributed by atoms with E-state index in [0.29, 0.717) is 33.4 Å². The molecule has 2 aromatic heterocycles. The summed E-state index contributed by atoms with van der Waals surface area (Å²) in [6.07, 6.45) is -2.72. The van der Waals surface area contributed by atoms with Gasteiger partial charge in [0.05, 0.1) is 34.5 Å². The van der Waals surface area contributed by atoms with E-state index in [2.05, 4.69) is 10.4 Å². The minimum Gasteiger partial charge on any atom is -0.508 e. The predicted molar refractivity (Wildman–Crippen MR) is 168 cm³/mol. The van der Waals surface area contributed by atoms with Crippen molar-refractivity contribution in [2.45, 2.75) is 36.5 Å². The maximum atomic E-state index is 15.0. The van der Waals surface area contributed by atoms with Crippen LogP contribution in [0.1, 0.15) is 35.1 Å². The number of rotatable bonds is 4. The molecule has 48 heavy (non-hydrogen) atoms. The van der Waals surface area contributed by atoms with E-state index in [-0.39, 0.29) is 29.3 Å². The third kappa shape index (κ3) is 4.53. The summed E-state index contributed by atoms with van der Waals surface area (Å²) >= 11 is 18.8. The summed E-state index contributed by atoms with van der Waals surface area (Å²) in [5.41, 5.74) is -0.755. The van der Waals surface area contributed by atoms with Gasteiger partial charge in [-0.15, -0.1) is 0 Å². The summed E-state index contributed by atoms with van der Waals surface area (Å²) in [4.78, 5) is 59.7. The highest BCUT2D eigenvalue weighted by Gasteiger charge is 2.69. The SMILES string of the molecule is Cn1c(=O)n2n(c1=O)[C@@H]1C[C@H]3C(=O)N(Nc4ncc(C(F)(F)F)cc4Cl)C(=O)[C@@]3(c3ccc(Cl)cc3)[C@@H](c3cc(Cl)ccc3O)C1=CC2. The van der Waals surface area contributed by atoms with Gasteiger partial charge in [-0.25, -0.2) is 28.5 Å². The zero-order valence-corrected chi connectivity index (χ0v) is 26.8. The summed E-state index contributed by atoms with van der Waals surface area (Å²) < 4.78 is 43.4. The molecule has 2 amide bonds. The number of hydrazine groups is 1. The molecular weight excluding hydrogens is 700 g/mol. The van der Waals surface area contributed by atoms with Gasteiger partial charge in [0.15, 0.2) is 5.82 Å². The van der Waals surface area contributed by atoms with Crippen LogP contribution in [0.5, 0.6) is 5.75 Å². The number of benzene rings is 2. The molecule has 0 unspecified atom stereocenters. The number of alkyl halides is 3. The van der Waals surface area contributed by atoms with Gasteiger partial charge in [0.25, 0.3) is 11.8 Å². The van der Waals surface area contributed by atoms with E-state index in [1.165, 1.54) is 46.7 Å². The number of phenols is 1. The Hall–Kier alpha value is -4.53. The second-order valence-electron chi connectivity index (χ2n) is 11.7. The number of phenolic OH excluding ortho intramolecular Hbond substituents is 1. The van der Waals surface area contributed by atoms with Crippen molar-refractivity contribution in [2.24, 2.45) is 13.0 Å². The van der Waals surface area contributed by atoms with Crippen molar-refractivity contribution in [2.75, 3.05) is 5.43 Å². The van der Waals surface area contributed by atoms with Crippen LogP contribution in [0.4, 0.5) is 19.0 Å². The molecule has 4 aromatic rings. The minimum absolute atomic E-state index is 0.0604. The Morgan fingerprint density at radius 1 is 0.979 bits per heavy atom. The first-order chi connectivity index (χ1) is 22.7. The zero-order chi connectivity index (χ0) is 34.4. The van der Waals surface area contributed by atoms with Crippen LogP contribution in [0.15, 0.2) is 76.0 Å². The number of carbonyl (C=O) groups excluding carboxylic acids is 2. The number of hydrogen-bond acceptors (Lipinski definition) is 7. The van der Waals surface area contributed by atoms with Crippen molar-refractivity contribution >= 4 is 52.4 Å². The van der Waals surface area contributed by atoms with Crippen LogP contribution in [0.25, 0.3) is 0 Å². The summed E-state index contributed by atoms with van der Waals surface area (Å²) in [5.74, 6) is -4.75. The second-order valence-corrected chi connectivity index (χ2v) is 13.0. The maximum Gasteiger partial charge on any atom is 0.417 e. The second kappa shape index (κ2) is 11.0. The molecule has 4 atom stereocenters. The maximum absolute atomic E-state index is 15.0. The average molecular weight is 722 g/mol. The average Bonchev–Trinajstić information content (AvgIpc) is 3.39. The van der Waals surface area contributed by atoms with E-state index in [9.17, 15) is 32.7 Å². The van der Waals surface area contributed by atoms with Gasteiger partial charge in [-0.2, -0.15) is 18.2 Å². The molecular formula is C31H22Cl3F3N6O5. The summed E-state index contributed by atoms with van der Waals surface area (Å²) in [6.45, 7) is -0.0604. The number of carbonyl (C=O) groups is 2. The molecule has 4 heterocycles. The molecule has 17 heteroatoms. The lowest BCUT2D eigenvalue weighted by Gasteiger charge is -2.49. The molecule has 11 nitrogen and oxygen atoms in total. The first-order valence-corrected chi connectivity index (χ1v) is 15.5. The lowest BCUT2D eigenvalue weighted by Crippen LogP contribution is -2.53. The summed E-state index contributed by atoms with van der Waals surface area (Å²) in [6, 6.07) is 10.1. The van der Waals surface area contributed by atoms with Gasteiger partial charge in [-0.1, -0.05) is 53.0 Å². The van der Waals surface area contributed by atoms with Crippen LogP contribution >= 0.6 is 34.8 Å². The molecule has 248 valence electrons. The van der Waals surface area contributed by atoms with E-state index in [1.54, 1.807) is 18.2 Å². The monoisotopic (exact) mass is 720 g/mol. The molecule has 2 aromatic carbocycles. The van der Waals surface area contributed by atoms with Crippen LogP contribution < -0.4 is 16.8 Å². The molecule has 3 aliphatic rings. The quantitative estimate of drug-likeness (QED) is 0.223. The molecule has 2 aliphatic heterocycles. The molecule has 1 aliphatic carbocycles. The first kappa shape index (κ1) is 32.0. The number of amides is 2. The molecule has 0 radical (unpaired) electrons. The molecule has 1 saturated heterocycles. The Morgan fingerprint density at radius 3 is 2.33 bits per heavy atom. The Balaban J connectivity index is 1.48. The number of hydrogen-bond donors (Lipinski definition) is 2. The van der Waals surface area contributed by atoms with Crippen LogP contribution in [0.3, 0.4) is 0 Å². The fraction of sp³-hybridized carbons (Fsp3) is 0.258. The van der Waals surface area contributed by atoms with Gasteiger partial charge in [-0.3, -0.25) is 15.0 Å². The number of allylic oxidation sites excluding steroid dienone is 2. The van der Waals surface area contributed by atoms with Crippen LogP contribution in [-0.4, -0.2) is 40.8 Å². The number of aromatic nitrogens is 4. The minimum atomic E-state index is -4.76. The molecule has 0 bridgehead atoms. The lowest BCUT2D eigenvalue weighted by molar-refractivity contribution is -0.139. The van der Waals surface area contributed by atoms with Gasteiger partial charge in [-0.05, 0) is 54.0 Å². The topological polar surface area (TPSA) is 131 Å². The highest BCUT2D eigenvalue weighted by molar-refractivity contribution is 6.33. The number of imide groups is 1. The van der Waals surface area contributed by atoms with Crippen molar-refractivity contribution in [3.63, 3.8) is 0 Å². The van der Waals surface area contributed by atoms with E-state index in [1.807, 2.05) is 0 Å². The van der Waals surface area contributed by atoms with Crippen LogP contribution in [-0.2, 0) is 34.8 Å². The largest absolute Gasteiger partial charge is 0.508 e. The molecule has 1 saturated carbocycles. The number of aromatic hydroxyl groups is 1. The number of anilines is 1. The summed E-state index contributed by atoms with van der Waals surface area (Å²) in [7, 11) is 1.32. The first-order valence-electron chi connectivity index (χ1n) is 14.4. The van der Waals surface area contributed by atoms with E-state index in [4.69, 9.17) is 34.8 Å². The van der Waals surface area contributed by atoms with Gasteiger partial charge >= 0.3 is 17.6 Å². The van der Waals surface area contributed by atoms with E-state index < -0.39 is 69.1 Å². The molecule has 2 fully saturated rings. The van der Waals surface area contributed by atoms with Crippen molar-refractivity contribution in [1.29, 1.82) is 0 Å². The van der Waals surface area contributed by atoms with Crippen molar-refractivity contribution < 1.29 is 27.9 Å². The smallest absolute Gasteiger partial charge is 0.417 e. The zero-order valence-electron chi connectivity index (χ0n) is 24.5. The Bertz CT molecular complexity index is 2200. The number of fused-ring (bicyclic) bond motifs is 4. The third-order valence-electron chi connectivity index (χ3n) is 9.31. The lowest BCUT2D eigenvalue weighted by atomic mass is 9.53. The number of nitrogens with zero attached hydrogens (tertiary/aromatic N) is 5. The van der Waals surface area contributed by atoms with Crippen molar-refractivity contribution in [3.8, 4) is 5.75 Å². The van der Waals surface area contributed by atoms with Crippen LogP contribution in [0.2, 0.25) is 15.1 Å². The standard InChI is InChI=1S/C31H22Cl3F3N6O5/c1-40-28(47)41-9-8-18-22(43(41)29(40)48)12-20-26(45)42(39-25-21(34)10-15(13-38-25)31(35,36)37)27(46)30(20,14-2-4-16(32)5-3-14)24(18)19-11-17(33)6-7-23(19)44/h2-8,10-11,13,20,22,24,44H,9,12H2,1H3,(H,38,39)/t20-,22+,24+,30+/m0/s1. The van der Waals surface area contributed by atoms with Crippen molar-refractivity contribution in [3.05, 3.63) is 119 Å². The van der Waals surface area contributed by atoms with E-state index >= 15 is 4.79 Å². The Morgan fingerprint density at radius 2 is 1.67 bits per heavy atom. The Kier molecular flexibility index (Phi) is 7.34. The molecule has 7 rings (SSSR count). The fourth-order valence-electron chi connectivity index (χ4n) is 7.25. The highest BCUT2D eigenvalue weighted by atomic mass is 35.5. The van der Waals surface area contributed by atoms with Gasteiger partial charge in [0.2, 0.25) is 0 Å². The summed E-state index contributed by atoms with van der Waals surface area (Å²) in [5, 5.41) is 12.0. The number of halogens is 6. The highest BCUT2D eigenvalue weighted by Crippen LogP contribution is 2.63. The van der Waals surface area contributed by atoms with Gasteiger partial charge in [0.1, 0.15) is 5.75 Å². The van der Waals surface area contributed by atoms with Gasteiger partial charge < -0.3 is 5.11 Å². The third-order valence-corrected chi connectivity index (χ3v) is 10.1. The van der Waals surface area contributed by atoms with E-state index in [0.717, 1.165) is 4.57 Å². The van der Waals surface area contributed by atoms with Crippen molar-refractivity contribution in [1.82, 2.24) is 23.9 Å². The molecule has 2 N–H and O–H groups in total. The molecule has 0 spiro atoms. The number of pyridine rings is 1.